The van der Waals surface area contributed by atoms with E-state index in [1.807, 2.05) is 24.5 Å². The second-order valence-corrected chi connectivity index (χ2v) is 7.87. The number of carbonyl (C=O) groups excluding carboxylic acids is 2. The summed E-state index contributed by atoms with van der Waals surface area (Å²) < 4.78 is 5.47. The molecular formula is C20H30N2O3S. The third-order valence-corrected chi connectivity index (χ3v) is 5.46. The molecule has 1 aliphatic rings. The first-order valence-electron chi connectivity index (χ1n) is 9.36. The zero-order valence-corrected chi connectivity index (χ0v) is 16.5. The first-order chi connectivity index (χ1) is 12.6. The molecular weight excluding hydrogens is 348 g/mol. The molecule has 2 amide bonds. The van der Waals surface area contributed by atoms with Crippen LogP contribution in [0.4, 0.5) is 0 Å². The molecule has 6 heteroatoms. The van der Waals surface area contributed by atoms with Gasteiger partial charge in [0.15, 0.2) is 6.61 Å². The van der Waals surface area contributed by atoms with Crippen molar-refractivity contribution >= 4 is 23.6 Å². The Morgan fingerprint density at radius 3 is 2.65 bits per heavy atom. The lowest BCUT2D eigenvalue weighted by molar-refractivity contribution is -0.130. The molecule has 0 aromatic heterocycles. The number of nitrogens with one attached hydrogen (secondary N) is 2. The number of hydrogen-bond acceptors (Lipinski definition) is 4. The zero-order valence-electron chi connectivity index (χ0n) is 15.7. The van der Waals surface area contributed by atoms with Crippen molar-refractivity contribution < 1.29 is 14.3 Å². The minimum Gasteiger partial charge on any atom is -0.484 e. The van der Waals surface area contributed by atoms with Gasteiger partial charge in [-0.05, 0) is 49.3 Å². The third-order valence-electron chi connectivity index (χ3n) is 4.81. The van der Waals surface area contributed by atoms with E-state index in [9.17, 15) is 9.59 Å². The van der Waals surface area contributed by atoms with E-state index in [0.717, 1.165) is 25.0 Å². The maximum Gasteiger partial charge on any atom is 0.258 e. The first kappa shape index (κ1) is 20.6. The summed E-state index contributed by atoms with van der Waals surface area (Å²) in [7, 11) is 0. The summed E-state index contributed by atoms with van der Waals surface area (Å²) in [6.45, 7) is 2.10. The number of para-hydroxylation sites is 1. The van der Waals surface area contributed by atoms with E-state index in [4.69, 9.17) is 4.74 Å². The normalized spacial score (nSPS) is 20.8. The fourth-order valence-electron chi connectivity index (χ4n) is 3.22. The average molecular weight is 379 g/mol. The van der Waals surface area contributed by atoms with Crippen LogP contribution in [-0.2, 0) is 9.59 Å². The smallest absolute Gasteiger partial charge is 0.258 e. The van der Waals surface area contributed by atoms with E-state index in [1.54, 1.807) is 23.9 Å². The lowest BCUT2D eigenvalue weighted by Crippen LogP contribution is -2.52. The SMILES string of the molecule is CSCCC(NC(=O)COc1ccccc1)C(=O)NC1CCCCC1C. The lowest BCUT2D eigenvalue weighted by atomic mass is 9.86. The Kier molecular flexibility index (Phi) is 8.81. The molecule has 2 N–H and O–H groups in total. The van der Waals surface area contributed by atoms with Crippen LogP contribution >= 0.6 is 11.8 Å². The van der Waals surface area contributed by atoms with Gasteiger partial charge in [0.05, 0.1) is 0 Å². The average Bonchev–Trinajstić information content (AvgIpc) is 2.66. The summed E-state index contributed by atoms with van der Waals surface area (Å²) in [5.41, 5.74) is 0. The zero-order chi connectivity index (χ0) is 18.8. The van der Waals surface area contributed by atoms with Crippen molar-refractivity contribution in [3.8, 4) is 5.75 Å². The van der Waals surface area contributed by atoms with Gasteiger partial charge in [0.2, 0.25) is 5.91 Å². The molecule has 5 nitrogen and oxygen atoms in total. The van der Waals surface area contributed by atoms with E-state index in [1.165, 1.54) is 6.42 Å². The fourth-order valence-corrected chi connectivity index (χ4v) is 3.69. The van der Waals surface area contributed by atoms with E-state index in [-0.39, 0.29) is 24.5 Å². The van der Waals surface area contributed by atoms with Crippen molar-refractivity contribution in [2.45, 2.75) is 51.1 Å². The molecule has 1 aromatic carbocycles. The van der Waals surface area contributed by atoms with Gasteiger partial charge < -0.3 is 15.4 Å². The topological polar surface area (TPSA) is 67.4 Å². The Balaban J connectivity index is 1.86. The van der Waals surface area contributed by atoms with Crippen molar-refractivity contribution in [2.75, 3.05) is 18.6 Å². The Morgan fingerprint density at radius 2 is 1.96 bits per heavy atom. The number of carbonyl (C=O) groups is 2. The molecule has 0 saturated heterocycles. The molecule has 1 aliphatic carbocycles. The molecule has 0 spiro atoms. The van der Waals surface area contributed by atoms with Gasteiger partial charge in [-0.25, -0.2) is 0 Å². The minimum atomic E-state index is -0.511. The second kappa shape index (κ2) is 11.1. The Labute approximate surface area is 160 Å². The van der Waals surface area contributed by atoms with Crippen molar-refractivity contribution in [3.63, 3.8) is 0 Å². The predicted octanol–water partition coefficient (Wildman–Crippen LogP) is 3.00. The van der Waals surface area contributed by atoms with Crippen molar-refractivity contribution in [3.05, 3.63) is 30.3 Å². The van der Waals surface area contributed by atoms with E-state index >= 15 is 0 Å². The van der Waals surface area contributed by atoms with Crippen LogP contribution < -0.4 is 15.4 Å². The van der Waals surface area contributed by atoms with Crippen molar-refractivity contribution in [1.82, 2.24) is 10.6 Å². The maximum absolute atomic E-state index is 12.7. The summed E-state index contributed by atoms with van der Waals surface area (Å²) in [6, 6.07) is 8.90. The Hall–Kier alpha value is -1.69. The predicted molar refractivity (Wildman–Crippen MR) is 106 cm³/mol. The first-order valence-corrected chi connectivity index (χ1v) is 10.8. The molecule has 1 saturated carbocycles. The van der Waals surface area contributed by atoms with Crippen LogP contribution in [0, 0.1) is 5.92 Å². The van der Waals surface area contributed by atoms with Gasteiger partial charge in [-0.2, -0.15) is 11.8 Å². The quantitative estimate of drug-likeness (QED) is 0.693. The monoisotopic (exact) mass is 378 g/mol. The van der Waals surface area contributed by atoms with Gasteiger partial charge in [0.25, 0.3) is 5.91 Å². The Bertz CT molecular complexity index is 567. The Morgan fingerprint density at radius 1 is 1.23 bits per heavy atom. The van der Waals surface area contributed by atoms with Gasteiger partial charge in [-0.15, -0.1) is 0 Å². The number of amides is 2. The summed E-state index contributed by atoms with van der Waals surface area (Å²) in [5.74, 6) is 1.60. The minimum absolute atomic E-state index is 0.0779. The summed E-state index contributed by atoms with van der Waals surface area (Å²) in [6.07, 6.45) is 7.17. The van der Waals surface area contributed by atoms with Crippen LogP contribution in [0.5, 0.6) is 5.75 Å². The van der Waals surface area contributed by atoms with Crippen molar-refractivity contribution in [1.29, 1.82) is 0 Å². The number of hydrogen-bond donors (Lipinski definition) is 2. The van der Waals surface area contributed by atoms with Gasteiger partial charge in [-0.1, -0.05) is 38.0 Å². The molecule has 0 aliphatic heterocycles. The maximum atomic E-state index is 12.7. The van der Waals surface area contributed by atoms with Gasteiger partial charge in [0, 0.05) is 6.04 Å². The third kappa shape index (κ3) is 6.90. The summed E-state index contributed by atoms with van der Waals surface area (Å²) in [5, 5.41) is 5.99. The standard InChI is InChI=1S/C20H30N2O3S/c1-15-8-6-7-11-17(15)22-20(24)18(12-13-26-2)21-19(23)14-25-16-9-4-3-5-10-16/h3-5,9-10,15,17-18H,6-8,11-14H2,1-2H3,(H,21,23)(H,22,24). The van der Waals surface area contributed by atoms with Crippen LogP contribution in [0.25, 0.3) is 0 Å². The van der Waals surface area contributed by atoms with Crippen LogP contribution in [0.2, 0.25) is 0 Å². The molecule has 0 radical (unpaired) electrons. The van der Waals surface area contributed by atoms with E-state index < -0.39 is 6.04 Å². The highest BCUT2D eigenvalue weighted by atomic mass is 32.2. The van der Waals surface area contributed by atoms with Crippen molar-refractivity contribution in [2.24, 2.45) is 5.92 Å². The highest BCUT2D eigenvalue weighted by Crippen LogP contribution is 2.23. The number of thioether (sulfide) groups is 1. The van der Waals surface area contributed by atoms with Gasteiger partial charge in [0.1, 0.15) is 11.8 Å². The van der Waals surface area contributed by atoms with Gasteiger partial charge in [-0.3, -0.25) is 9.59 Å². The highest BCUT2D eigenvalue weighted by molar-refractivity contribution is 7.98. The van der Waals surface area contributed by atoms with Crippen LogP contribution in [0.15, 0.2) is 30.3 Å². The summed E-state index contributed by atoms with van der Waals surface area (Å²) in [4.78, 5) is 24.9. The molecule has 3 unspecified atom stereocenters. The lowest BCUT2D eigenvalue weighted by Gasteiger charge is -2.31. The largest absolute Gasteiger partial charge is 0.484 e. The molecule has 1 aromatic rings. The van der Waals surface area contributed by atoms with Gasteiger partial charge >= 0.3 is 0 Å². The fraction of sp³-hybridized carbons (Fsp3) is 0.600. The van der Waals surface area contributed by atoms with Crippen LogP contribution in [0.3, 0.4) is 0 Å². The molecule has 144 valence electrons. The van der Waals surface area contributed by atoms with Crippen LogP contribution in [0.1, 0.15) is 39.0 Å². The number of rotatable bonds is 9. The molecule has 0 heterocycles. The second-order valence-electron chi connectivity index (χ2n) is 6.88. The van der Waals surface area contributed by atoms with Crippen LogP contribution in [-0.4, -0.2) is 42.5 Å². The number of ether oxygens (including phenoxy) is 1. The highest BCUT2D eigenvalue weighted by Gasteiger charge is 2.27. The summed E-state index contributed by atoms with van der Waals surface area (Å²) >= 11 is 1.67. The van der Waals surface area contributed by atoms with E-state index in [2.05, 4.69) is 17.6 Å². The van der Waals surface area contributed by atoms with E-state index in [0.29, 0.717) is 18.1 Å². The molecule has 26 heavy (non-hydrogen) atoms. The number of benzene rings is 1. The molecule has 3 atom stereocenters. The molecule has 0 bridgehead atoms. The molecule has 1 fully saturated rings. The molecule has 2 rings (SSSR count).